The second-order valence-electron chi connectivity index (χ2n) is 2.91. The number of thiazole rings is 1. The summed E-state index contributed by atoms with van der Waals surface area (Å²) in [7, 11) is -4.46. The van der Waals surface area contributed by atoms with Crippen molar-refractivity contribution in [3.8, 4) is 0 Å². The summed E-state index contributed by atoms with van der Waals surface area (Å²) in [5.41, 5.74) is 0.539. The van der Waals surface area contributed by atoms with E-state index in [1.165, 1.54) is 0 Å². The van der Waals surface area contributed by atoms with Crippen LogP contribution in [0.5, 0.6) is 0 Å². The zero-order valence-corrected chi connectivity index (χ0v) is 9.99. The number of phosphoric acid groups is 1. The van der Waals surface area contributed by atoms with Gasteiger partial charge in [-0.05, 0) is 6.92 Å². The van der Waals surface area contributed by atoms with Crippen molar-refractivity contribution in [2.45, 2.75) is 13.3 Å². The van der Waals surface area contributed by atoms with E-state index in [4.69, 9.17) is 14.9 Å². The summed E-state index contributed by atoms with van der Waals surface area (Å²) in [6, 6.07) is 0. The van der Waals surface area contributed by atoms with Gasteiger partial charge in [-0.25, -0.2) is 14.3 Å². The van der Waals surface area contributed by atoms with Gasteiger partial charge in [-0.2, -0.15) is 0 Å². The molecule has 0 aliphatic rings. The van der Waals surface area contributed by atoms with Crippen LogP contribution in [0.15, 0.2) is 0 Å². The van der Waals surface area contributed by atoms with Gasteiger partial charge in [-0.3, -0.25) is 4.52 Å². The molecule has 0 atom stereocenters. The summed E-state index contributed by atoms with van der Waals surface area (Å²) in [6.07, 6.45) is 0.224. The average molecular weight is 267 g/mol. The molecular formula is C7H10NO6PS. The Morgan fingerprint density at radius 1 is 1.56 bits per heavy atom. The Labute approximate surface area is 95.0 Å². The monoisotopic (exact) mass is 267 g/mol. The van der Waals surface area contributed by atoms with Gasteiger partial charge in [0.25, 0.3) is 0 Å². The third-order valence-electron chi connectivity index (χ3n) is 1.66. The third kappa shape index (κ3) is 3.99. The number of phosphoric ester groups is 1. The smallest absolute Gasteiger partial charge is 0.469 e. The van der Waals surface area contributed by atoms with Crippen LogP contribution < -0.4 is 0 Å². The zero-order valence-electron chi connectivity index (χ0n) is 8.28. The lowest BCUT2D eigenvalue weighted by molar-refractivity contribution is 0.0696. The molecule has 0 bridgehead atoms. The molecule has 16 heavy (non-hydrogen) atoms. The minimum atomic E-state index is -4.46. The lowest BCUT2D eigenvalue weighted by Gasteiger charge is -2.03. The van der Waals surface area contributed by atoms with Crippen molar-refractivity contribution in [1.82, 2.24) is 4.98 Å². The molecule has 9 heteroatoms. The Morgan fingerprint density at radius 3 is 2.62 bits per heavy atom. The van der Waals surface area contributed by atoms with Crippen LogP contribution in [0, 0.1) is 6.92 Å². The van der Waals surface area contributed by atoms with Gasteiger partial charge in [0.2, 0.25) is 5.01 Å². The molecule has 0 unspecified atom stereocenters. The largest absolute Gasteiger partial charge is 0.476 e. The maximum absolute atomic E-state index is 10.6. The predicted octanol–water partition coefficient (Wildman–Crippen LogP) is 0.802. The Bertz CT molecular complexity index is 438. The van der Waals surface area contributed by atoms with Crippen LogP contribution in [0.4, 0.5) is 0 Å². The first-order chi connectivity index (χ1) is 7.29. The highest BCUT2D eigenvalue weighted by Gasteiger charge is 2.16. The summed E-state index contributed by atoms with van der Waals surface area (Å²) in [5.74, 6) is -1.12. The van der Waals surface area contributed by atoms with Crippen molar-refractivity contribution in [2.24, 2.45) is 0 Å². The van der Waals surface area contributed by atoms with Gasteiger partial charge < -0.3 is 14.9 Å². The van der Waals surface area contributed by atoms with Gasteiger partial charge >= 0.3 is 13.8 Å². The van der Waals surface area contributed by atoms with Gasteiger partial charge in [-0.1, -0.05) is 0 Å². The molecule has 0 saturated carbocycles. The van der Waals surface area contributed by atoms with Gasteiger partial charge in [0.1, 0.15) is 0 Å². The number of hydrogen-bond acceptors (Lipinski definition) is 5. The van der Waals surface area contributed by atoms with E-state index in [-0.39, 0.29) is 18.0 Å². The van der Waals surface area contributed by atoms with E-state index in [0.717, 1.165) is 11.3 Å². The highest BCUT2D eigenvalue weighted by atomic mass is 32.1. The standard InChI is InChI=1S/C7H10NO6PS/c1-4-5(2-3-14-15(11,12)13)16-6(8-4)7(9)10/h2-3H2,1H3,(H,9,10)(H2,11,12,13). The summed E-state index contributed by atoms with van der Waals surface area (Å²) in [4.78, 5) is 31.9. The first kappa shape index (κ1) is 13.3. The maximum atomic E-state index is 10.6. The molecule has 7 nitrogen and oxygen atoms in total. The molecule has 0 amide bonds. The fraction of sp³-hybridized carbons (Fsp3) is 0.429. The number of aryl methyl sites for hydroxylation is 1. The third-order valence-corrected chi connectivity index (χ3v) is 3.39. The highest BCUT2D eigenvalue weighted by molar-refractivity contribution is 7.46. The molecule has 0 saturated heterocycles. The Hall–Kier alpha value is -0.790. The molecule has 0 aromatic carbocycles. The molecule has 1 aromatic heterocycles. The quantitative estimate of drug-likeness (QED) is 0.675. The minimum absolute atomic E-state index is 0.0383. The van der Waals surface area contributed by atoms with Crippen molar-refractivity contribution in [2.75, 3.05) is 6.61 Å². The lowest BCUT2D eigenvalue weighted by Crippen LogP contribution is -1.96. The summed E-state index contributed by atoms with van der Waals surface area (Å²) < 4.78 is 14.6. The van der Waals surface area contributed by atoms with Crippen LogP contribution in [0.3, 0.4) is 0 Å². The Balaban J connectivity index is 2.61. The number of carbonyl (C=O) groups is 1. The maximum Gasteiger partial charge on any atom is 0.469 e. The van der Waals surface area contributed by atoms with E-state index >= 15 is 0 Å². The van der Waals surface area contributed by atoms with Crippen LogP contribution in [0.1, 0.15) is 20.4 Å². The number of carboxylic acid groups (broad SMARTS) is 1. The molecule has 1 aromatic rings. The molecule has 0 aliphatic heterocycles. The van der Waals surface area contributed by atoms with Crippen molar-refractivity contribution in [1.29, 1.82) is 0 Å². The molecule has 0 spiro atoms. The molecule has 0 fully saturated rings. The van der Waals surface area contributed by atoms with Crippen molar-refractivity contribution >= 4 is 25.1 Å². The van der Waals surface area contributed by atoms with Crippen molar-refractivity contribution in [3.05, 3.63) is 15.6 Å². The second kappa shape index (κ2) is 5.03. The molecule has 1 heterocycles. The number of nitrogens with zero attached hydrogens (tertiary/aromatic N) is 1. The molecule has 90 valence electrons. The Kier molecular flexibility index (Phi) is 4.17. The van der Waals surface area contributed by atoms with E-state index in [0.29, 0.717) is 10.6 Å². The van der Waals surface area contributed by atoms with Crippen LogP contribution in [0.2, 0.25) is 0 Å². The lowest BCUT2D eigenvalue weighted by atomic mass is 10.3. The van der Waals surface area contributed by atoms with Crippen LogP contribution in [-0.2, 0) is 15.5 Å². The van der Waals surface area contributed by atoms with Crippen molar-refractivity contribution in [3.63, 3.8) is 0 Å². The number of hydrogen-bond donors (Lipinski definition) is 3. The SMILES string of the molecule is Cc1nc(C(=O)O)sc1CCOP(=O)(O)O. The van der Waals surface area contributed by atoms with Gasteiger partial charge in [0, 0.05) is 11.3 Å². The van der Waals surface area contributed by atoms with Crippen LogP contribution in [-0.4, -0.2) is 32.5 Å². The summed E-state index contributed by atoms with van der Waals surface area (Å²) in [6.45, 7) is 1.46. The molecule has 0 radical (unpaired) electrons. The number of aromatic carboxylic acids is 1. The number of rotatable bonds is 5. The summed E-state index contributed by atoms with van der Waals surface area (Å²) >= 11 is 0.975. The summed E-state index contributed by atoms with van der Waals surface area (Å²) in [5, 5.41) is 8.63. The van der Waals surface area contributed by atoms with Crippen molar-refractivity contribution < 1.29 is 28.8 Å². The minimum Gasteiger partial charge on any atom is -0.476 e. The fourth-order valence-corrected chi connectivity index (χ4v) is 2.22. The van der Waals surface area contributed by atoms with Crippen LogP contribution >= 0.6 is 19.2 Å². The average Bonchev–Trinajstić information content (AvgIpc) is 2.46. The fourth-order valence-electron chi connectivity index (χ4n) is 1.01. The topological polar surface area (TPSA) is 117 Å². The van der Waals surface area contributed by atoms with E-state index in [9.17, 15) is 9.36 Å². The van der Waals surface area contributed by atoms with Gasteiger partial charge in [0.05, 0.1) is 12.3 Å². The molecule has 3 N–H and O–H groups in total. The van der Waals surface area contributed by atoms with Gasteiger partial charge in [0.15, 0.2) is 0 Å². The highest BCUT2D eigenvalue weighted by Crippen LogP contribution is 2.35. The molecular weight excluding hydrogens is 257 g/mol. The van der Waals surface area contributed by atoms with E-state index in [1.807, 2.05) is 0 Å². The Morgan fingerprint density at radius 2 is 2.19 bits per heavy atom. The van der Waals surface area contributed by atoms with Gasteiger partial charge in [-0.15, -0.1) is 11.3 Å². The van der Waals surface area contributed by atoms with E-state index in [2.05, 4.69) is 9.51 Å². The van der Waals surface area contributed by atoms with Crippen LogP contribution in [0.25, 0.3) is 0 Å². The molecule has 1 rings (SSSR count). The zero-order chi connectivity index (χ0) is 12.3. The predicted molar refractivity (Wildman–Crippen MR) is 55.5 cm³/mol. The molecule has 0 aliphatic carbocycles. The number of aromatic nitrogens is 1. The normalized spacial score (nSPS) is 11.7. The second-order valence-corrected chi connectivity index (χ2v) is 5.23. The first-order valence-electron chi connectivity index (χ1n) is 4.19. The van der Waals surface area contributed by atoms with E-state index < -0.39 is 13.8 Å². The number of carboxylic acids is 1. The van der Waals surface area contributed by atoms with E-state index in [1.54, 1.807) is 6.92 Å². The first-order valence-corrected chi connectivity index (χ1v) is 6.54.